The zero-order chi connectivity index (χ0) is 14.9. The van der Waals surface area contributed by atoms with Crippen LogP contribution in [0.3, 0.4) is 0 Å². The molecule has 120 valence electrons. The second-order valence-corrected chi connectivity index (χ2v) is 4.88. The van der Waals surface area contributed by atoms with Crippen LogP contribution in [0.15, 0.2) is 54.0 Å². The van der Waals surface area contributed by atoms with Crippen molar-refractivity contribution in [1.29, 1.82) is 0 Å². The molecule has 1 aromatic heterocycles. The van der Waals surface area contributed by atoms with Gasteiger partial charge in [-0.15, -0.1) is 24.0 Å². The Balaban J connectivity index is 0.00000242. The molecule has 1 heterocycles. The number of nitrogens with one attached hydrogen (secondary N) is 1. The largest absolute Gasteiger partial charge is 0.357 e. The van der Waals surface area contributed by atoms with Gasteiger partial charge >= 0.3 is 0 Å². The number of imidazole rings is 1. The van der Waals surface area contributed by atoms with E-state index in [9.17, 15) is 0 Å². The molecule has 2 rings (SSSR count). The van der Waals surface area contributed by atoms with Gasteiger partial charge in [-0.1, -0.05) is 30.3 Å². The molecule has 2 aromatic rings. The van der Waals surface area contributed by atoms with Gasteiger partial charge in [-0.2, -0.15) is 0 Å². The molecule has 0 aliphatic heterocycles. The summed E-state index contributed by atoms with van der Waals surface area (Å²) in [7, 11) is 2.06. The first-order valence-electron chi connectivity index (χ1n) is 7.28. The van der Waals surface area contributed by atoms with Gasteiger partial charge in [0.15, 0.2) is 5.96 Å². The number of halogens is 1. The molecule has 22 heavy (non-hydrogen) atoms. The number of aliphatic imine (C=N–C) groups is 1. The molecule has 0 amide bonds. The number of hydrogen-bond donors (Lipinski definition) is 1. The van der Waals surface area contributed by atoms with Crippen LogP contribution in [0.25, 0.3) is 0 Å². The molecule has 5 nitrogen and oxygen atoms in total. The number of rotatable bonds is 6. The van der Waals surface area contributed by atoms with E-state index in [2.05, 4.69) is 58.4 Å². The minimum Gasteiger partial charge on any atom is -0.357 e. The number of hydrogen-bond acceptors (Lipinski definition) is 2. The van der Waals surface area contributed by atoms with Crippen LogP contribution in [0.5, 0.6) is 0 Å². The third-order valence-corrected chi connectivity index (χ3v) is 3.14. The van der Waals surface area contributed by atoms with Crippen molar-refractivity contribution in [2.24, 2.45) is 4.99 Å². The minimum absolute atomic E-state index is 0. The van der Waals surface area contributed by atoms with E-state index in [-0.39, 0.29) is 24.0 Å². The van der Waals surface area contributed by atoms with Gasteiger partial charge in [-0.3, -0.25) is 4.99 Å². The summed E-state index contributed by atoms with van der Waals surface area (Å²) in [6.45, 7) is 5.37. The Bertz CT molecular complexity index is 539. The van der Waals surface area contributed by atoms with E-state index in [1.807, 2.05) is 23.2 Å². The Hall–Kier alpha value is -1.57. The van der Waals surface area contributed by atoms with Crippen LogP contribution in [0.2, 0.25) is 0 Å². The lowest BCUT2D eigenvalue weighted by atomic mass is 10.2. The van der Waals surface area contributed by atoms with Crippen LogP contribution in [0.4, 0.5) is 0 Å². The molecule has 0 saturated carbocycles. The summed E-state index contributed by atoms with van der Waals surface area (Å²) in [6, 6.07) is 10.4. The third kappa shape index (κ3) is 6.05. The van der Waals surface area contributed by atoms with E-state index in [0.717, 1.165) is 32.1 Å². The average molecular weight is 413 g/mol. The zero-order valence-corrected chi connectivity index (χ0v) is 15.5. The SMILES string of the molecule is CCNC(=NCCn1ccnc1)N(C)Cc1ccccc1.I. The summed E-state index contributed by atoms with van der Waals surface area (Å²) in [5.41, 5.74) is 1.28. The summed E-state index contributed by atoms with van der Waals surface area (Å²) in [5, 5.41) is 3.33. The monoisotopic (exact) mass is 413 g/mol. The third-order valence-electron chi connectivity index (χ3n) is 3.14. The van der Waals surface area contributed by atoms with Crippen LogP contribution in [0.1, 0.15) is 12.5 Å². The summed E-state index contributed by atoms with van der Waals surface area (Å²) in [5.74, 6) is 0.932. The molecule has 0 fully saturated rings. The van der Waals surface area contributed by atoms with Crippen LogP contribution >= 0.6 is 24.0 Å². The number of nitrogens with zero attached hydrogens (tertiary/aromatic N) is 4. The van der Waals surface area contributed by atoms with E-state index in [1.165, 1.54) is 5.56 Å². The van der Waals surface area contributed by atoms with Crippen molar-refractivity contribution in [1.82, 2.24) is 19.8 Å². The lowest BCUT2D eigenvalue weighted by Gasteiger charge is -2.22. The molecule has 0 radical (unpaired) electrons. The number of benzene rings is 1. The lowest BCUT2D eigenvalue weighted by Crippen LogP contribution is -2.38. The predicted molar refractivity (Wildman–Crippen MR) is 102 cm³/mol. The molecular formula is C16H24IN5. The Morgan fingerprint density at radius 2 is 2.09 bits per heavy atom. The number of aromatic nitrogens is 2. The smallest absolute Gasteiger partial charge is 0.194 e. The van der Waals surface area contributed by atoms with Gasteiger partial charge < -0.3 is 14.8 Å². The van der Waals surface area contributed by atoms with Gasteiger partial charge in [0, 0.05) is 39.1 Å². The van der Waals surface area contributed by atoms with Crippen molar-refractivity contribution in [3.8, 4) is 0 Å². The Morgan fingerprint density at radius 1 is 1.32 bits per heavy atom. The van der Waals surface area contributed by atoms with Gasteiger partial charge in [0.2, 0.25) is 0 Å². The Kier molecular flexibility index (Phi) is 8.57. The Labute approximate surface area is 149 Å². The lowest BCUT2D eigenvalue weighted by molar-refractivity contribution is 0.475. The van der Waals surface area contributed by atoms with Gasteiger partial charge in [-0.25, -0.2) is 4.98 Å². The van der Waals surface area contributed by atoms with E-state index in [0.29, 0.717) is 0 Å². The van der Waals surface area contributed by atoms with E-state index in [1.54, 1.807) is 6.20 Å². The highest BCUT2D eigenvalue weighted by Crippen LogP contribution is 2.03. The summed E-state index contributed by atoms with van der Waals surface area (Å²) >= 11 is 0. The van der Waals surface area contributed by atoms with E-state index < -0.39 is 0 Å². The number of guanidine groups is 1. The van der Waals surface area contributed by atoms with Crippen molar-refractivity contribution in [2.75, 3.05) is 20.1 Å². The van der Waals surface area contributed by atoms with Crippen LogP contribution < -0.4 is 5.32 Å². The molecule has 1 N–H and O–H groups in total. The average Bonchev–Trinajstić information content (AvgIpc) is 3.00. The highest BCUT2D eigenvalue weighted by molar-refractivity contribution is 14.0. The molecular weight excluding hydrogens is 389 g/mol. The molecule has 0 bridgehead atoms. The van der Waals surface area contributed by atoms with Crippen LogP contribution in [-0.2, 0) is 13.1 Å². The Morgan fingerprint density at radius 3 is 2.73 bits per heavy atom. The first-order valence-corrected chi connectivity index (χ1v) is 7.28. The maximum absolute atomic E-state index is 4.67. The second-order valence-electron chi connectivity index (χ2n) is 4.88. The van der Waals surface area contributed by atoms with Crippen molar-refractivity contribution in [3.05, 3.63) is 54.6 Å². The van der Waals surface area contributed by atoms with Crippen molar-refractivity contribution in [2.45, 2.75) is 20.0 Å². The molecule has 1 aromatic carbocycles. The molecule has 6 heteroatoms. The maximum atomic E-state index is 4.67. The summed E-state index contributed by atoms with van der Waals surface area (Å²) < 4.78 is 2.03. The van der Waals surface area contributed by atoms with Gasteiger partial charge in [-0.05, 0) is 12.5 Å². The normalized spacial score (nSPS) is 10.9. The summed E-state index contributed by atoms with van der Waals surface area (Å²) in [6.07, 6.45) is 5.56. The predicted octanol–water partition coefficient (Wildman–Crippen LogP) is 2.60. The van der Waals surface area contributed by atoms with E-state index in [4.69, 9.17) is 0 Å². The van der Waals surface area contributed by atoms with Crippen molar-refractivity contribution in [3.63, 3.8) is 0 Å². The molecule has 0 atom stereocenters. The van der Waals surface area contributed by atoms with Crippen LogP contribution in [-0.4, -0.2) is 40.5 Å². The molecule has 0 aliphatic rings. The van der Waals surface area contributed by atoms with Crippen LogP contribution in [0, 0.1) is 0 Å². The fourth-order valence-corrected chi connectivity index (χ4v) is 2.09. The maximum Gasteiger partial charge on any atom is 0.194 e. The topological polar surface area (TPSA) is 45.5 Å². The molecule has 0 aliphatic carbocycles. The molecule has 0 spiro atoms. The zero-order valence-electron chi connectivity index (χ0n) is 13.1. The first-order chi connectivity index (χ1) is 10.3. The van der Waals surface area contributed by atoms with Crippen molar-refractivity contribution < 1.29 is 0 Å². The quantitative estimate of drug-likeness (QED) is 0.450. The van der Waals surface area contributed by atoms with Crippen molar-refractivity contribution >= 4 is 29.9 Å². The second kappa shape index (κ2) is 10.2. The van der Waals surface area contributed by atoms with Gasteiger partial charge in [0.05, 0.1) is 12.9 Å². The highest BCUT2D eigenvalue weighted by Gasteiger charge is 2.05. The highest BCUT2D eigenvalue weighted by atomic mass is 127. The fourth-order valence-electron chi connectivity index (χ4n) is 2.09. The van der Waals surface area contributed by atoms with E-state index >= 15 is 0 Å². The van der Waals surface area contributed by atoms with Gasteiger partial charge in [0.1, 0.15) is 0 Å². The minimum atomic E-state index is 0. The first kappa shape index (κ1) is 18.5. The van der Waals surface area contributed by atoms with Gasteiger partial charge in [0.25, 0.3) is 0 Å². The molecule has 0 saturated heterocycles. The summed E-state index contributed by atoms with van der Waals surface area (Å²) in [4.78, 5) is 10.8. The molecule has 0 unspecified atom stereocenters. The fraction of sp³-hybridized carbons (Fsp3) is 0.375. The standard InChI is InChI=1S/C16H23N5.HI/c1-3-18-16(19-10-12-21-11-9-17-14-21)20(2)13-15-7-5-4-6-8-15;/h4-9,11,14H,3,10,12-13H2,1-2H3,(H,18,19);1H.